The fourth-order valence-corrected chi connectivity index (χ4v) is 1.68. The van der Waals surface area contributed by atoms with Crippen LogP contribution in [0.5, 0.6) is 0 Å². The van der Waals surface area contributed by atoms with Gasteiger partial charge in [0.05, 0.1) is 6.33 Å². The van der Waals surface area contributed by atoms with Gasteiger partial charge < -0.3 is 15.2 Å². The Kier molecular flexibility index (Phi) is 2.89. The predicted molar refractivity (Wildman–Crippen MR) is 64.8 cm³/mol. The fraction of sp³-hybridized carbons (Fsp3) is 0.500. The topological polar surface area (TPSA) is 69.7 Å². The lowest BCUT2D eigenvalue weighted by molar-refractivity contribution is 0.848. The van der Waals surface area contributed by atoms with Crippen LogP contribution in [0.3, 0.4) is 0 Å². The minimum absolute atomic E-state index is 0.599. The van der Waals surface area contributed by atoms with Crippen LogP contribution in [0.15, 0.2) is 6.33 Å². The first-order valence-corrected chi connectivity index (χ1v) is 5.44. The van der Waals surface area contributed by atoms with E-state index in [1.54, 1.807) is 13.4 Å². The van der Waals surface area contributed by atoms with Gasteiger partial charge in [0.2, 0.25) is 5.95 Å². The lowest BCUT2D eigenvalue weighted by Crippen LogP contribution is -2.23. The van der Waals surface area contributed by atoms with Crippen molar-refractivity contribution >= 4 is 22.9 Å². The summed E-state index contributed by atoms with van der Waals surface area (Å²) in [6, 6.07) is 0. The van der Waals surface area contributed by atoms with Crippen molar-refractivity contribution in [2.45, 2.75) is 13.8 Å². The number of rotatable bonds is 4. The van der Waals surface area contributed by atoms with Crippen LogP contribution in [-0.4, -0.2) is 40.1 Å². The van der Waals surface area contributed by atoms with Crippen molar-refractivity contribution in [3.63, 3.8) is 0 Å². The molecular formula is C10H16N6. The van der Waals surface area contributed by atoms with Gasteiger partial charge in [0.15, 0.2) is 11.5 Å². The van der Waals surface area contributed by atoms with Crippen molar-refractivity contribution in [3.8, 4) is 0 Å². The maximum absolute atomic E-state index is 4.47. The van der Waals surface area contributed by atoms with Crippen LogP contribution >= 0.6 is 0 Å². The van der Waals surface area contributed by atoms with Crippen molar-refractivity contribution in [1.29, 1.82) is 0 Å². The molecule has 0 unspecified atom stereocenters. The molecule has 0 aliphatic carbocycles. The molecule has 6 heteroatoms. The van der Waals surface area contributed by atoms with E-state index in [-0.39, 0.29) is 0 Å². The Balaban J connectivity index is 2.60. The van der Waals surface area contributed by atoms with Crippen LogP contribution in [0.4, 0.5) is 11.8 Å². The Bertz CT molecular complexity index is 473. The molecule has 2 N–H and O–H groups in total. The van der Waals surface area contributed by atoms with Gasteiger partial charge >= 0.3 is 0 Å². The number of nitrogens with one attached hydrogen (secondary N) is 2. The highest BCUT2D eigenvalue weighted by Gasteiger charge is 2.13. The van der Waals surface area contributed by atoms with E-state index in [1.165, 1.54) is 0 Å². The van der Waals surface area contributed by atoms with Gasteiger partial charge in [-0.05, 0) is 13.8 Å². The summed E-state index contributed by atoms with van der Waals surface area (Å²) in [5.41, 5.74) is 1.59. The summed E-state index contributed by atoms with van der Waals surface area (Å²) in [6.45, 7) is 6.02. The highest BCUT2D eigenvalue weighted by Crippen LogP contribution is 2.21. The largest absolute Gasteiger partial charge is 0.357 e. The van der Waals surface area contributed by atoms with Crippen molar-refractivity contribution in [3.05, 3.63) is 6.33 Å². The van der Waals surface area contributed by atoms with Gasteiger partial charge in [-0.25, -0.2) is 4.98 Å². The number of aromatic amines is 1. The highest BCUT2D eigenvalue weighted by atomic mass is 15.2. The monoisotopic (exact) mass is 220 g/mol. The Labute approximate surface area is 94.1 Å². The molecule has 0 aliphatic rings. The molecule has 2 aromatic heterocycles. The third kappa shape index (κ3) is 1.66. The van der Waals surface area contributed by atoms with E-state index in [9.17, 15) is 0 Å². The molecule has 0 aliphatic heterocycles. The van der Waals surface area contributed by atoms with Crippen LogP contribution in [0, 0.1) is 0 Å². The zero-order valence-electron chi connectivity index (χ0n) is 9.78. The van der Waals surface area contributed by atoms with Gasteiger partial charge in [-0.1, -0.05) is 0 Å². The number of hydrogen-bond donors (Lipinski definition) is 2. The molecule has 16 heavy (non-hydrogen) atoms. The summed E-state index contributed by atoms with van der Waals surface area (Å²) in [7, 11) is 1.81. The quantitative estimate of drug-likeness (QED) is 0.811. The molecule has 2 aromatic rings. The van der Waals surface area contributed by atoms with Crippen LogP contribution in [0.25, 0.3) is 11.2 Å². The molecular weight excluding hydrogens is 204 g/mol. The Morgan fingerprint density at radius 2 is 2.06 bits per heavy atom. The summed E-state index contributed by atoms with van der Waals surface area (Å²) in [5.74, 6) is 1.50. The van der Waals surface area contributed by atoms with Crippen LogP contribution in [0.1, 0.15) is 13.8 Å². The van der Waals surface area contributed by atoms with Crippen LogP contribution < -0.4 is 10.2 Å². The molecule has 6 nitrogen and oxygen atoms in total. The number of anilines is 2. The smallest absolute Gasteiger partial charge is 0.226 e. The predicted octanol–water partition coefficient (Wildman–Crippen LogP) is 1.24. The molecule has 86 valence electrons. The highest BCUT2D eigenvalue weighted by molar-refractivity contribution is 5.84. The lowest BCUT2D eigenvalue weighted by atomic mass is 10.4. The van der Waals surface area contributed by atoms with Gasteiger partial charge in [0.1, 0.15) is 5.52 Å². The van der Waals surface area contributed by atoms with Gasteiger partial charge in [0, 0.05) is 20.1 Å². The average molecular weight is 220 g/mol. The molecule has 0 aromatic carbocycles. The molecule has 0 amide bonds. The first kappa shape index (κ1) is 10.7. The Hall–Kier alpha value is -1.85. The van der Waals surface area contributed by atoms with E-state index >= 15 is 0 Å². The number of imidazole rings is 1. The Morgan fingerprint density at radius 3 is 2.69 bits per heavy atom. The zero-order chi connectivity index (χ0) is 11.5. The zero-order valence-corrected chi connectivity index (χ0v) is 9.78. The lowest BCUT2D eigenvalue weighted by Gasteiger charge is -2.20. The number of hydrogen-bond acceptors (Lipinski definition) is 5. The van der Waals surface area contributed by atoms with Crippen LogP contribution in [-0.2, 0) is 0 Å². The third-order valence-corrected chi connectivity index (χ3v) is 2.55. The molecule has 0 bridgehead atoms. The number of aromatic nitrogens is 4. The van der Waals surface area contributed by atoms with Gasteiger partial charge in [-0.2, -0.15) is 9.97 Å². The second-order valence-electron chi connectivity index (χ2n) is 3.39. The SMILES string of the molecule is CCN(CC)c1nc(NC)nc2nc[nH]c12. The van der Waals surface area contributed by atoms with Crippen molar-refractivity contribution < 1.29 is 0 Å². The molecule has 0 saturated heterocycles. The maximum atomic E-state index is 4.47. The van der Waals surface area contributed by atoms with E-state index in [0.29, 0.717) is 11.6 Å². The normalized spacial score (nSPS) is 10.7. The first-order valence-electron chi connectivity index (χ1n) is 5.44. The minimum Gasteiger partial charge on any atom is -0.357 e. The Morgan fingerprint density at radius 1 is 1.31 bits per heavy atom. The second-order valence-corrected chi connectivity index (χ2v) is 3.39. The molecule has 0 fully saturated rings. The average Bonchev–Trinajstić information content (AvgIpc) is 2.78. The van der Waals surface area contributed by atoms with Crippen molar-refractivity contribution in [2.75, 3.05) is 30.4 Å². The summed E-state index contributed by atoms with van der Waals surface area (Å²) in [4.78, 5) is 18.2. The fourth-order valence-electron chi connectivity index (χ4n) is 1.68. The van der Waals surface area contributed by atoms with E-state index in [2.05, 4.69) is 44.0 Å². The second kappa shape index (κ2) is 4.34. The van der Waals surface area contributed by atoms with Crippen molar-refractivity contribution in [1.82, 2.24) is 19.9 Å². The number of H-pyrrole nitrogens is 1. The molecule has 2 rings (SSSR count). The van der Waals surface area contributed by atoms with E-state index in [1.807, 2.05) is 0 Å². The third-order valence-electron chi connectivity index (χ3n) is 2.55. The van der Waals surface area contributed by atoms with Gasteiger partial charge in [0.25, 0.3) is 0 Å². The van der Waals surface area contributed by atoms with E-state index < -0.39 is 0 Å². The standard InChI is InChI=1S/C10H16N6/c1-4-16(5-2)9-7-8(13-6-12-7)14-10(11-3)15-9/h6H,4-5H2,1-3H3,(H2,11,12,13,14,15). The van der Waals surface area contributed by atoms with E-state index in [0.717, 1.165) is 24.4 Å². The molecule has 2 heterocycles. The summed E-state index contributed by atoms with van der Waals surface area (Å²) in [5, 5.41) is 2.95. The molecule has 0 spiro atoms. The van der Waals surface area contributed by atoms with Gasteiger partial charge in [-0.15, -0.1) is 0 Å². The number of fused-ring (bicyclic) bond motifs is 1. The van der Waals surface area contributed by atoms with Gasteiger partial charge in [-0.3, -0.25) is 0 Å². The van der Waals surface area contributed by atoms with Crippen LogP contribution in [0.2, 0.25) is 0 Å². The summed E-state index contributed by atoms with van der Waals surface area (Å²) in [6.07, 6.45) is 1.64. The van der Waals surface area contributed by atoms with Crippen molar-refractivity contribution in [2.24, 2.45) is 0 Å². The first-order chi connectivity index (χ1) is 7.80. The summed E-state index contributed by atoms with van der Waals surface area (Å²) < 4.78 is 0. The minimum atomic E-state index is 0.599. The molecule has 0 atom stereocenters. The molecule has 0 radical (unpaired) electrons. The summed E-state index contributed by atoms with van der Waals surface area (Å²) >= 11 is 0. The molecule has 0 saturated carbocycles. The number of nitrogens with zero attached hydrogens (tertiary/aromatic N) is 4. The maximum Gasteiger partial charge on any atom is 0.226 e. The van der Waals surface area contributed by atoms with E-state index in [4.69, 9.17) is 0 Å².